The highest BCUT2D eigenvalue weighted by Crippen LogP contribution is 2.19. The Kier molecular flexibility index (Phi) is 8.03. The van der Waals surface area contributed by atoms with Crippen molar-refractivity contribution in [1.82, 2.24) is 10.3 Å². The van der Waals surface area contributed by atoms with Crippen molar-refractivity contribution in [3.8, 4) is 11.6 Å². The molecule has 0 aliphatic heterocycles. The molecule has 4 N–H and O–H groups in total. The van der Waals surface area contributed by atoms with Crippen LogP contribution in [0.4, 0.5) is 0 Å². The van der Waals surface area contributed by atoms with Gasteiger partial charge in [0, 0.05) is 19.3 Å². The fraction of sp³-hybridized carbons (Fsp3) is 0.400. The highest BCUT2D eigenvalue weighted by molar-refractivity contribution is 5.96. The molecule has 27 heavy (non-hydrogen) atoms. The van der Waals surface area contributed by atoms with Crippen LogP contribution in [-0.4, -0.2) is 42.4 Å². The molecule has 2 rings (SSSR count). The molecule has 7 nitrogen and oxygen atoms in total. The zero-order chi connectivity index (χ0) is 19.6. The van der Waals surface area contributed by atoms with Gasteiger partial charge in [0.25, 0.3) is 5.91 Å². The Morgan fingerprint density at radius 3 is 2.85 bits per heavy atom. The van der Waals surface area contributed by atoms with Gasteiger partial charge >= 0.3 is 0 Å². The molecule has 0 radical (unpaired) electrons. The number of aromatic nitrogens is 1. The van der Waals surface area contributed by atoms with Crippen molar-refractivity contribution in [1.29, 1.82) is 0 Å². The molecule has 2 aromatic rings. The molecular weight excluding hydrogens is 346 g/mol. The summed E-state index contributed by atoms with van der Waals surface area (Å²) in [5, 5.41) is 13.0. The molecule has 1 atom stereocenters. The summed E-state index contributed by atoms with van der Waals surface area (Å²) in [4.78, 5) is 16.4. The number of benzene rings is 1. The number of carbonyl (C=O) groups is 1. The van der Waals surface area contributed by atoms with Gasteiger partial charge in [-0.1, -0.05) is 6.07 Å². The third-order valence-corrected chi connectivity index (χ3v) is 4.18. The molecule has 1 heterocycles. The van der Waals surface area contributed by atoms with Gasteiger partial charge in [0.05, 0.1) is 19.8 Å². The standard InChI is InChI=1S/C20H27N3O4/c1-3-27-20-18(5-4-10-22-20)19(25)23-13-16(24)8-6-14-7-9-17(26-2)11-15(14)12-21/h4-5,7,9-11,16,24H,3,6,8,12-13,21H2,1-2H3,(H,23,25)/t16-/m0/s1. The number of aryl methyl sites for hydroxylation is 1. The van der Waals surface area contributed by atoms with Crippen molar-refractivity contribution in [2.45, 2.75) is 32.4 Å². The van der Waals surface area contributed by atoms with Gasteiger partial charge in [-0.15, -0.1) is 0 Å². The number of nitrogens with two attached hydrogens (primary N) is 1. The third-order valence-electron chi connectivity index (χ3n) is 4.18. The Balaban J connectivity index is 1.88. The molecule has 0 aliphatic rings. The number of hydrogen-bond donors (Lipinski definition) is 3. The van der Waals surface area contributed by atoms with Crippen molar-refractivity contribution >= 4 is 5.91 Å². The predicted molar refractivity (Wildman–Crippen MR) is 103 cm³/mol. The van der Waals surface area contributed by atoms with E-state index in [1.165, 1.54) is 0 Å². The van der Waals surface area contributed by atoms with Crippen LogP contribution in [-0.2, 0) is 13.0 Å². The number of aliphatic hydroxyl groups is 1. The maximum absolute atomic E-state index is 12.3. The molecule has 7 heteroatoms. The maximum Gasteiger partial charge on any atom is 0.256 e. The van der Waals surface area contributed by atoms with E-state index in [9.17, 15) is 9.90 Å². The summed E-state index contributed by atoms with van der Waals surface area (Å²) in [6.45, 7) is 2.80. The van der Waals surface area contributed by atoms with Crippen molar-refractivity contribution < 1.29 is 19.4 Å². The SMILES string of the molecule is CCOc1ncccc1C(=O)NC[C@@H](O)CCc1ccc(OC)cc1CN. The summed E-state index contributed by atoms with van der Waals surface area (Å²) < 4.78 is 10.6. The number of nitrogens with one attached hydrogen (secondary N) is 1. The molecular formula is C20H27N3O4. The topological polar surface area (TPSA) is 107 Å². The van der Waals surface area contributed by atoms with Crippen LogP contribution in [0.25, 0.3) is 0 Å². The number of carbonyl (C=O) groups excluding carboxylic acids is 1. The van der Waals surface area contributed by atoms with Crippen LogP contribution in [0.5, 0.6) is 11.6 Å². The first kappa shape index (κ1) is 20.7. The average Bonchev–Trinajstić information content (AvgIpc) is 2.70. The molecule has 146 valence electrons. The summed E-state index contributed by atoms with van der Waals surface area (Å²) in [7, 11) is 1.61. The summed E-state index contributed by atoms with van der Waals surface area (Å²) in [5.41, 5.74) is 8.20. The molecule has 1 aromatic heterocycles. The maximum atomic E-state index is 12.3. The highest BCUT2D eigenvalue weighted by atomic mass is 16.5. The molecule has 1 amide bonds. The van der Waals surface area contributed by atoms with Crippen molar-refractivity contribution in [3.63, 3.8) is 0 Å². The third kappa shape index (κ3) is 5.94. The van der Waals surface area contributed by atoms with Crippen LogP contribution in [0.1, 0.15) is 34.8 Å². The minimum absolute atomic E-state index is 0.146. The smallest absolute Gasteiger partial charge is 0.256 e. The normalized spacial score (nSPS) is 11.7. The van der Waals surface area contributed by atoms with Crippen LogP contribution < -0.4 is 20.5 Å². The van der Waals surface area contributed by atoms with E-state index in [1.807, 2.05) is 25.1 Å². The lowest BCUT2D eigenvalue weighted by atomic mass is 10.0. The quantitative estimate of drug-likeness (QED) is 0.585. The number of rotatable bonds is 10. The van der Waals surface area contributed by atoms with Crippen LogP contribution >= 0.6 is 0 Å². The average molecular weight is 373 g/mol. The number of hydrogen-bond acceptors (Lipinski definition) is 6. The van der Waals surface area contributed by atoms with E-state index in [0.717, 1.165) is 16.9 Å². The van der Waals surface area contributed by atoms with Crippen molar-refractivity contribution in [2.75, 3.05) is 20.3 Å². The Labute approximate surface area is 159 Å². The first-order chi connectivity index (χ1) is 13.1. The molecule has 0 bridgehead atoms. The Morgan fingerprint density at radius 1 is 1.33 bits per heavy atom. The summed E-state index contributed by atoms with van der Waals surface area (Å²) in [5.74, 6) is 0.726. The molecule has 1 aromatic carbocycles. The first-order valence-electron chi connectivity index (χ1n) is 8.99. The molecule has 0 saturated carbocycles. The number of amides is 1. The lowest BCUT2D eigenvalue weighted by molar-refractivity contribution is 0.0906. The van der Waals surface area contributed by atoms with Gasteiger partial charge in [-0.3, -0.25) is 4.79 Å². The van der Waals surface area contributed by atoms with Crippen molar-refractivity contribution in [2.24, 2.45) is 5.73 Å². The van der Waals surface area contributed by atoms with Gasteiger partial charge in [-0.25, -0.2) is 4.98 Å². The van der Waals surface area contributed by atoms with Gasteiger partial charge in [-0.2, -0.15) is 0 Å². The van der Waals surface area contributed by atoms with Gasteiger partial charge < -0.3 is 25.6 Å². The lowest BCUT2D eigenvalue weighted by Crippen LogP contribution is -2.32. The van der Waals surface area contributed by atoms with Gasteiger partial charge in [-0.05, 0) is 55.2 Å². The van der Waals surface area contributed by atoms with Gasteiger partial charge in [0.2, 0.25) is 5.88 Å². The molecule has 0 spiro atoms. The monoisotopic (exact) mass is 373 g/mol. The Bertz CT molecular complexity index is 752. The van der Waals surface area contributed by atoms with Crippen LogP contribution in [0.3, 0.4) is 0 Å². The zero-order valence-electron chi connectivity index (χ0n) is 15.8. The Hall–Kier alpha value is -2.64. The van der Waals surface area contributed by atoms with Crippen molar-refractivity contribution in [3.05, 3.63) is 53.2 Å². The fourth-order valence-corrected chi connectivity index (χ4v) is 2.71. The van der Waals surface area contributed by atoms with E-state index < -0.39 is 6.10 Å². The summed E-state index contributed by atoms with van der Waals surface area (Å²) >= 11 is 0. The molecule has 0 unspecified atom stereocenters. The van der Waals surface area contributed by atoms with E-state index in [1.54, 1.807) is 25.4 Å². The number of aliphatic hydroxyl groups excluding tert-OH is 1. The largest absolute Gasteiger partial charge is 0.497 e. The number of nitrogens with zero attached hydrogens (tertiary/aromatic N) is 1. The second-order valence-corrected chi connectivity index (χ2v) is 6.03. The Morgan fingerprint density at radius 2 is 2.15 bits per heavy atom. The van der Waals surface area contributed by atoms with Gasteiger partial charge in [0.1, 0.15) is 11.3 Å². The lowest BCUT2D eigenvalue weighted by Gasteiger charge is -2.15. The predicted octanol–water partition coefficient (Wildman–Crippen LogP) is 1.67. The van der Waals surface area contributed by atoms with E-state index >= 15 is 0 Å². The van der Waals surface area contributed by atoms with Crippen LogP contribution in [0.15, 0.2) is 36.5 Å². The van der Waals surface area contributed by atoms with Crippen LogP contribution in [0, 0.1) is 0 Å². The summed E-state index contributed by atoms with van der Waals surface area (Å²) in [6, 6.07) is 9.05. The molecule has 0 aliphatic carbocycles. The number of pyridine rings is 1. The summed E-state index contributed by atoms with van der Waals surface area (Å²) in [6.07, 6.45) is 2.06. The number of methoxy groups -OCH3 is 1. The number of ether oxygens (including phenoxy) is 2. The van der Waals surface area contributed by atoms with E-state index in [4.69, 9.17) is 15.2 Å². The van der Waals surface area contributed by atoms with E-state index in [2.05, 4.69) is 10.3 Å². The van der Waals surface area contributed by atoms with E-state index in [-0.39, 0.29) is 18.3 Å². The minimum Gasteiger partial charge on any atom is -0.497 e. The van der Waals surface area contributed by atoms with E-state index in [0.29, 0.717) is 31.6 Å². The zero-order valence-corrected chi connectivity index (χ0v) is 15.8. The highest BCUT2D eigenvalue weighted by Gasteiger charge is 2.15. The first-order valence-corrected chi connectivity index (χ1v) is 8.99. The second-order valence-electron chi connectivity index (χ2n) is 6.03. The van der Waals surface area contributed by atoms with Crippen LogP contribution in [0.2, 0.25) is 0 Å². The second kappa shape index (κ2) is 10.5. The van der Waals surface area contributed by atoms with Gasteiger partial charge in [0.15, 0.2) is 0 Å². The minimum atomic E-state index is -0.672. The molecule has 0 saturated heterocycles. The molecule has 0 fully saturated rings. The fourth-order valence-electron chi connectivity index (χ4n) is 2.71.